The van der Waals surface area contributed by atoms with Gasteiger partial charge in [-0.25, -0.2) is 0 Å². The molecule has 0 unspecified atom stereocenters. The molecule has 0 saturated heterocycles. The molecule has 0 atom stereocenters. The summed E-state index contributed by atoms with van der Waals surface area (Å²) >= 11 is 0. The predicted molar refractivity (Wildman–Crippen MR) is 75.0 cm³/mol. The monoisotopic (exact) mass is 247 g/mol. The molecule has 1 aliphatic carbocycles. The first-order valence-corrected chi connectivity index (χ1v) is 6.52. The second kappa shape index (κ2) is 3.82. The van der Waals surface area contributed by atoms with Crippen LogP contribution in [0.3, 0.4) is 0 Å². The minimum absolute atomic E-state index is 0.300. The number of ketones is 1. The minimum Gasteiger partial charge on any atom is -0.323 e. The first-order valence-electron chi connectivity index (χ1n) is 6.52. The Morgan fingerprint density at radius 2 is 1.95 bits per heavy atom. The molecule has 0 spiro atoms. The highest BCUT2D eigenvalue weighted by Crippen LogP contribution is 2.32. The van der Waals surface area contributed by atoms with E-state index in [0.717, 1.165) is 11.3 Å². The molecule has 0 N–H and O–H groups in total. The van der Waals surface area contributed by atoms with Crippen molar-refractivity contribution in [3.05, 3.63) is 69.9 Å². The molecule has 2 heterocycles. The van der Waals surface area contributed by atoms with Crippen LogP contribution in [0, 0.1) is 0 Å². The summed E-state index contributed by atoms with van der Waals surface area (Å²) in [5, 5.41) is 2.43. The fourth-order valence-electron chi connectivity index (χ4n) is 2.85. The first kappa shape index (κ1) is 10.6. The third-order valence-corrected chi connectivity index (χ3v) is 3.84. The third kappa shape index (κ3) is 1.60. The number of fused-ring (bicyclic) bond motifs is 3. The Morgan fingerprint density at radius 1 is 1.11 bits per heavy atom. The van der Waals surface area contributed by atoms with Gasteiger partial charge in [-0.15, -0.1) is 0 Å². The van der Waals surface area contributed by atoms with Gasteiger partial charge in [-0.1, -0.05) is 30.3 Å². The van der Waals surface area contributed by atoms with Crippen molar-refractivity contribution in [1.29, 1.82) is 0 Å². The van der Waals surface area contributed by atoms with Crippen molar-refractivity contribution in [3.63, 3.8) is 0 Å². The predicted octanol–water partition coefficient (Wildman–Crippen LogP) is 1.59. The zero-order valence-corrected chi connectivity index (χ0v) is 10.5. The molecule has 0 bridgehead atoms. The highest BCUT2D eigenvalue weighted by atomic mass is 16.1. The van der Waals surface area contributed by atoms with Gasteiger partial charge >= 0.3 is 0 Å². The number of hydrogen-bond donors (Lipinski definition) is 0. The molecular formula is C17H13NO. The standard InChI is InChI=1S/C17H13NO/c19-15-6-5-12-7-8-18-11-14-4-2-1-3-13(14)9-17(18)16(12)10-15/h1-5,7-9,11H,6,10H2. The van der Waals surface area contributed by atoms with Gasteiger partial charge in [-0.05, 0) is 33.7 Å². The van der Waals surface area contributed by atoms with Crippen LogP contribution in [0.1, 0.15) is 12.8 Å². The van der Waals surface area contributed by atoms with E-state index in [1.165, 1.54) is 16.0 Å². The lowest BCUT2D eigenvalue weighted by atomic mass is 9.88. The number of hydrogen-bond acceptors (Lipinski definition) is 2. The van der Waals surface area contributed by atoms with Crippen LogP contribution < -0.4 is 10.4 Å². The van der Waals surface area contributed by atoms with E-state index in [-0.39, 0.29) is 0 Å². The number of carbonyl (C=O) groups excluding carboxylic acids is 1. The van der Waals surface area contributed by atoms with Gasteiger partial charge in [-0.2, -0.15) is 0 Å². The second-order valence-corrected chi connectivity index (χ2v) is 5.07. The van der Waals surface area contributed by atoms with E-state index in [1.54, 1.807) is 0 Å². The highest BCUT2D eigenvalue weighted by Gasteiger charge is 2.23. The Morgan fingerprint density at radius 3 is 2.84 bits per heavy atom. The molecule has 2 heteroatoms. The van der Waals surface area contributed by atoms with E-state index < -0.39 is 0 Å². The van der Waals surface area contributed by atoms with Crippen LogP contribution in [0.5, 0.6) is 0 Å². The van der Waals surface area contributed by atoms with Gasteiger partial charge in [0.05, 0.1) is 0 Å². The zero-order chi connectivity index (χ0) is 12.8. The van der Waals surface area contributed by atoms with Crippen molar-refractivity contribution >= 4 is 18.1 Å². The Bertz CT molecular complexity index is 793. The molecule has 3 aliphatic rings. The summed E-state index contributed by atoms with van der Waals surface area (Å²) in [6.45, 7) is 0. The van der Waals surface area contributed by atoms with Crippen molar-refractivity contribution < 1.29 is 4.79 Å². The molecule has 0 radical (unpaired) electrons. The van der Waals surface area contributed by atoms with E-state index in [4.69, 9.17) is 0 Å². The first-order chi connectivity index (χ1) is 9.31. The molecule has 4 rings (SSSR count). The molecule has 0 amide bonds. The summed E-state index contributed by atoms with van der Waals surface area (Å²) in [5.41, 5.74) is 3.50. The van der Waals surface area contributed by atoms with E-state index in [0.29, 0.717) is 18.6 Å². The summed E-state index contributed by atoms with van der Waals surface area (Å²) in [4.78, 5) is 13.8. The van der Waals surface area contributed by atoms with Crippen molar-refractivity contribution in [2.24, 2.45) is 0 Å². The lowest BCUT2D eigenvalue weighted by Crippen LogP contribution is -2.34. The van der Waals surface area contributed by atoms with Gasteiger partial charge in [0.15, 0.2) is 0 Å². The van der Waals surface area contributed by atoms with Gasteiger partial charge in [0.1, 0.15) is 5.78 Å². The summed E-state index contributed by atoms with van der Waals surface area (Å²) in [6, 6.07) is 8.32. The van der Waals surface area contributed by atoms with Gasteiger partial charge in [-0.3, -0.25) is 4.79 Å². The Hall–Kier alpha value is -2.35. The van der Waals surface area contributed by atoms with Gasteiger partial charge in [0, 0.05) is 30.9 Å². The maximum absolute atomic E-state index is 11.7. The van der Waals surface area contributed by atoms with E-state index in [2.05, 4.69) is 41.6 Å². The molecule has 19 heavy (non-hydrogen) atoms. The van der Waals surface area contributed by atoms with Crippen LogP contribution in [-0.4, -0.2) is 10.7 Å². The molecule has 0 fully saturated rings. The lowest BCUT2D eigenvalue weighted by molar-refractivity contribution is -0.117. The Kier molecular flexibility index (Phi) is 2.12. The lowest BCUT2D eigenvalue weighted by Gasteiger charge is -2.29. The summed E-state index contributed by atoms with van der Waals surface area (Å²) in [7, 11) is 0. The van der Waals surface area contributed by atoms with Crippen LogP contribution >= 0.6 is 0 Å². The molecule has 0 aromatic heterocycles. The van der Waals surface area contributed by atoms with Crippen molar-refractivity contribution in [3.8, 4) is 0 Å². The summed E-state index contributed by atoms with van der Waals surface area (Å²) in [5.74, 6) is 0.300. The largest absolute Gasteiger partial charge is 0.323 e. The van der Waals surface area contributed by atoms with E-state index >= 15 is 0 Å². The van der Waals surface area contributed by atoms with Gasteiger partial charge in [0.25, 0.3) is 0 Å². The minimum atomic E-state index is 0.300. The van der Waals surface area contributed by atoms with Gasteiger partial charge in [0.2, 0.25) is 0 Å². The fraction of sp³-hybridized carbons (Fsp3) is 0.118. The topological polar surface area (TPSA) is 20.3 Å². The Labute approximate surface area is 111 Å². The SMILES string of the molecule is O=C1CC=C2C=CN3C=c4ccccc4=CC3=C2C1. The molecule has 0 saturated carbocycles. The zero-order valence-electron chi connectivity index (χ0n) is 10.5. The number of Topliss-reactive ketones (excluding diaryl/α,β-unsaturated/α-hetero) is 1. The van der Waals surface area contributed by atoms with Crippen LogP contribution in [0.4, 0.5) is 0 Å². The summed E-state index contributed by atoms with van der Waals surface area (Å²) in [6.07, 6.45) is 11.6. The van der Waals surface area contributed by atoms with Crippen molar-refractivity contribution in [2.45, 2.75) is 12.8 Å². The molecule has 1 aromatic rings. The molecule has 2 nitrogen and oxygen atoms in total. The molecule has 1 aromatic carbocycles. The highest BCUT2D eigenvalue weighted by molar-refractivity contribution is 5.87. The number of benzene rings is 1. The number of allylic oxidation sites excluding steroid dienone is 5. The molecule has 92 valence electrons. The van der Waals surface area contributed by atoms with Crippen molar-refractivity contribution in [1.82, 2.24) is 4.90 Å². The Balaban J connectivity index is 2.00. The maximum atomic E-state index is 11.7. The van der Waals surface area contributed by atoms with Crippen LogP contribution in [0.15, 0.2) is 59.5 Å². The third-order valence-electron chi connectivity index (χ3n) is 3.84. The smallest absolute Gasteiger partial charge is 0.141 e. The van der Waals surface area contributed by atoms with Crippen LogP contribution in [-0.2, 0) is 4.79 Å². The fourth-order valence-corrected chi connectivity index (χ4v) is 2.85. The van der Waals surface area contributed by atoms with Gasteiger partial charge < -0.3 is 4.90 Å². The van der Waals surface area contributed by atoms with Crippen molar-refractivity contribution in [2.75, 3.05) is 0 Å². The van der Waals surface area contributed by atoms with Crippen LogP contribution in [0.2, 0.25) is 0 Å². The average molecular weight is 247 g/mol. The average Bonchev–Trinajstić information content (AvgIpc) is 2.45. The van der Waals surface area contributed by atoms with Crippen LogP contribution in [0.25, 0.3) is 12.3 Å². The number of rotatable bonds is 0. The summed E-state index contributed by atoms with van der Waals surface area (Å²) < 4.78 is 0. The van der Waals surface area contributed by atoms with E-state index in [9.17, 15) is 4.79 Å². The quantitative estimate of drug-likeness (QED) is 0.694. The normalized spacial score (nSPS) is 19.9. The van der Waals surface area contributed by atoms with E-state index in [1.807, 2.05) is 18.2 Å². The number of nitrogens with zero attached hydrogens (tertiary/aromatic N) is 1. The molecule has 2 aliphatic heterocycles. The maximum Gasteiger partial charge on any atom is 0.141 e. The second-order valence-electron chi connectivity index (χ2n) is 5.07. The number of carbonyl (C=O) groups is 1. The molecular weight excluding hydrogens is 234 g/mol.